The maximum absolute atomic E-state index is 11.0. The van der Waals surface area contributed by atoms with Crippen LogP contribution >= 0.6 is 0 Å². The van der Waals surface area contributed by atoms with Gasteiger partial charge in [-0.25, -0.2) is 9.78 Å². The second-order valence-corrected chi connectivity index (χ2v) is 3.13. The zero-order valence-corrected chi connectivity index (χ0v) is 9.23. The molecule has 0 aliphatic rings. The van der Waals surface area contributed by atoms with Crippen LogP contribution in [-0.2, 0) is 9.53 Å². The molecule has 0 atom stereocenters. The molecule has 0 unspecified atom stereocenters. The Kier molecular flexibility index (Phi) is 4.22. The van der Waals surface area contributed by atoms with Gasteiger partial charge < -0.3 is 4.74 Å². The van der Waals surface area contributed by atoms with Crippen LogP contribution in [0.4, 0.5) is 0 Å². The van der Waals surface area contributed by atoms with Crippen molar-refractivity contribution in [3.8, 4) is 6.07 Å². The maximum atomic E-state index is 11.0. The highest BCUT2D eigenvalue weighted by Crippen LogP contribution is 2.08. The fourth-order valence-corrected chi connectivity index (χ4v) is 1.16. The van der Waals surface area contributed by atoms with Gasteiger partial charge in [-0.05, 0) is 37.1 Å². The largest absolute Gasteiger partial charge is 0.463 e. The van der Waals surface area contributed by atoms with Crippen LogP contribution in [-0.4, -0.2) is 17.6 Å². The molecule has 1 heterocycles. The lowest BCUT2D eigenvalue weighted by Gasteiger charge is -1.98. The predicted molar refractivity (Wildman–Crippen MR) is 59.4 cm³/mol. The number of hydrogen-bond donors (Lipinski definition) is 0. The third kappa shape index (κ3) is 3.21. The van der Waals surface area contributed by atoms with E-state index in [-0.39, 0.29) is 5.97 Å². The standard InChI is InChI=1S/C12H12N2O2/c1-3-16-12(15)5-4-10-6-9(2)11(7-13)14-8-10/h4-6,8H,3H2,1-2H3. The molecule has 4 heteroatoms. The summed E-state index contributed by atoms with van der Waals surface area (Å²) in [5, 5.41) is 8.69. The minimum Gasteiger partial charge on any atom is -0.463 e. The summed E-state index contributed by atoms with van der Waals surface area (Å²) in [6.45, 7) is 3.90. The molecule has 0 bridgehead atoms. The smallest absolute Gasteiger partial charge is 0.330 e. The summed E-state index contributed by atoms with van der Waals surface area (Å²) in [6.07, 6.45) is 4.49. The van der Waals surface area contributed by atoms with Gasteiger partial charge in [-0.2, -0.15) is 5.26 Å². The van der Waals surface area contributed by atoms with E-state index in [4.69, 9.17) is 10.00 Å². The Morgan fingerprint density at radius 3 is 3.00 bits per heavy atom. The van der Waals surface area contributed by atoms with Crippen molar-refractivity contribution >= 4 is 12.0 Å². The number of pyridine rings is 1. The molecule has 4 nitrogen and oxygen atoms in total. The van der Waals surface area contributed by atoms with Gasteiger partial charge in [-0.15, -0.1) is 0 Å². The van der Waals surface area contributed by atoms with Crippen molar-refractivity contribution in [2.45, 2.75) is 13.8 Å². The number of aryl methyl sites for hydroxylation is 1. The molecule has 82 valence electrons. The Morgan fingerprint density at radius 1 is 1.69 bits per heavy atom. The predicted octanol–water partition coefficient (Wildman–Crippen LogP) is 1.84. The summed E-state index contributed by atoms with van der Waals surface area (Å²) in [7, 11) is 0. The zero-order chi connectivity index (χ0) is 12.0. The van der Waals surface area contributed by atoms with Crippen molar-refractivity contribution in [1.82, 2.24) is 4.98 Å². The highest BCUT2D eigenvalue weighted by molar-refractivity contribution is 5.86. The molecular weight excluding hydrogens is 204 g/mol. The Balaban J connectivity index is 2.80. The number of aromatic nitrogens is 1. The first-order valence-electron chi connectivity index (χ1n) is 4.89. The van der Waals surface area contributed by atoms with E-state index in [1.807, 2.05) is 6.07 Å². The van der Waals surface area contributed by atoms with E-state index >= 15 is 0 Å². The second kappa shape index (κ2) is 5.66. The molecule has 16 heavy (non-hydrogen) atoms. The summed E-state index contributed by atoms with van der Waals surface area (Å²) in [6, 6.07) is 3.77. The van der Waals surface area contributed by atoms with Crippen LogP contribution in [0.25, 0.3) is 6.08 Å². The first-order chi connectivity index (χ1) is 7.67. The van der Waals surface area contributed by atoms with Crippen LogP contribution in [0.5, 0.6) is 0 Å². The second-order valence-electron chi connectivity index (χ2n) is 3.13. The van der Waals surface area contributed by atoms with Gasteiger partial charge in [0.15, 0.2) is 0 Å². The molecule has 0 spiro atoms. The van der Waals surface area contributed by atoms with Crippen molar-refractivity contribution in [3.63, 3.8) is 0 Å². The summed E-state index contributed by atoms with van der Waals surface area (Å²) in [5.74, 6) is -0.385. The number of nitrogens with zero attached hydrogens (tertiary/aromatic N) is 2. The van der Waals surface area contributed by atoms with Crippen molar-refractivity contribution < 1.29 is 9.53 Å². The fraction of sp³-hybridized carbons (Fsp3) is 0.250. The average Bonchev–Trinajstić information content (AvgIpc) is 2.27. The van der Waals surface area contributed by atoms with E-state index in [0.717, 1.165) is 11.1 Å². The molecule has 0 amide bonds. The lowest BCUT2D eigenvalue weighted by molar-refractivity contribution is -0.137. The van der Waals surface area contributed by atoms with E-state index < -0.39 is 0 Å². The van der Waals surface area contributed by atoms with Crippen LogP contribution in [0.2, 0.25) is 0 Å². The molecular formula is C12H12N2O2. The van der Waals surface area contributed by atoms with Crippen LogP contribution in [0.15, 0.2) is 18.3 Å². The summed E-state index contributed by atoms with van der Waals surface area (Å²) in [5.41, 5.74) is 1.95. The minimum absolute atomic E-state index is 0.355. The molecule has 0 aliphatic carbocycles. The molecule has 0 aromatic carbocycles. The van der Waals surface area contributed by atoms with Crippen LogP contribution < -0.4 is 0 Å². The molecule has 0 saturated carbocycles. The van der Waals surface area contributed by atoms with Gasteiger partial charge in [0.25, 0.3) is 0 Å². The van der Waals surface area contributed by atoms with Crippen LogP contribution in [0, 0.1) is 18.3 Å². The highest BCUT2D eigenvalue weighted by Gasteiger charge is 1.99. The van der Waals surface area contributed by atoms with Crippen LogP contribution in [0.1, 0.15) is 23.7 Å². The van der Waals surface area contributed by atoms with Gasteiger partial charge in [0.2, 0.25) is 0 Å². The lowest BCUT2D eigenvalue weighted by atomic mass is 10.1. The van der Waals surface area contributed by atoms with E-state index in [1.165, 1.54) is 6.08 Å². The van der Waals surface area contributed by atoms with Crippen molar-refractivity contribution in [1.29, 1.82) is 5.26 Å². The maximum Gasteiger partial charge on any atom is 0.330 e. The molecule has 1 rings (SSSR count). The number of rotatable bonds is 3. The van der Waals surface area contributed by atoms with E-state index in [2.05, 4.69) is 4.98 Å². The average molecular weight is 216 g/mol. The minimum atomic E-state index is -0.385. The van der Waals surface area contributed by atoms with Crippen molar-refractivity contribution in [2.75, 3.05) is 6.61 Å². The molecule has 0 fully saturated rings. The van der Waals surface area contributed by atoms with E-state index in [1.54, 1.807) is 32.2 Å². The quantitative estimate of drug-likeness (QED) is 0.571. The first-order valence-corrected chi connectivity index (χ1v) is 4.89. The zero-order valence-electron chi connectivity index (χ0n) is 9.23. The normalized spacial score (nSPS) is 10.1. The number of carbonyl (C=O) groups excluding carboxylic acids is 1. The third-order valence-corrected chi connectivity index (χ3v) is 1.90. The van der Waals surface area contributed by atoms with Gasteiger partial charge in [0.05, 0.1) is 6.61 Å². The van der Waals surface area contributed by atoms with Gasteiger partial charge in [-0.1, -0.05) is 0 Å². The fourth-order valence-electron chi connectivity index (χ4n) is 1.16. The van der Waals surface area contributed by atoms with E-state index in [9.17, 15) is 4.79 Å². The molecule has 0 N–H and O–H groups in total. The van der Waals surface area contributed by atoms with Gasteiger partial charge in [-0.3, -0.25) is 0 Å². The Morgan fingerprint density at radius 2 is 2.44 bits per heavy atom. The number of ether oxygens (including phenoxy) is 1. The van der Waals surface area contributed by atoms with Crippen molar-refractivity contribution in [3.05, 3.63) is 35.2 Å². The van der Waals surface area contributed by atoms with Gasteiger partial charge in [0.1, 0.15) is 11.8 Å². The summed E-state index contributed by atoms with van der Waals surface area (Å²) >= 11 is 0. The summed E-state index contributed by atoms with van der Waals surface area (Å²) in [4.78, 5) is 15.0. The Labute approximate surface area is 94.2 Å². The topological polar surface area (TPSA) is 63.0 Å². The Hall–Kier alpha value is -2.15. The molecule has 0 radical (unpaired) electrons. The van der Waals surface area contributed by atoms with Crippen molar-refractivity contribution in [2.24, 2.45) is 0 Å². The Bertz CT molecular complexity index is 459. The third-order valence-electron chi connectivity index (χ3n) is 1.90. The number of esters is 1. The molecule has 0 saturated heterocycles. The number of carbonyl (C=O) groups is 1. The molecule has 1 aromatic rings. The van der Waals surface area contributed by atoms with Gasteiger partial charge >= 0.3 is 5.97 Å². The van der Waals surface area contributed by atoms with Crippen LogP contribution in [0.3, 0.4) is 0 Å². The monoisotopic (exact) mass is 216 g/mol. The molecule has 0 aliphatic heterocycles. The number of hydrogen-bond acceptors (Lipinski definition) is 4. The number of nitriles is 1. The SMILES string of the molecule is CCOC(=O)C=Cc1cnc(C#N)c(C)c1. The molecule has 1 aromatic heterocycles. The lowest BCUT2D eigenvalue weighted by Crippen LogP contribution is -1.98. The van der Waals surface area contributed by atoms with Gasteiger partial charge in [0, 0.05) is 12.3 Å². The highest BCUT2D eigenvalue weighted by atomic mass is 16.5. The first kappa shape index (κ1) is 11.9. The summed E-state index contributed by atoms with van der Waals surface area (Å²) < 4.78 is 4.74. The van der Waals surface area contributed by atoms with E-state index in [0.29, 0.717) is 12.3 Å².